The fourth-order valence-electron chi connectivity index (χ4n) is 2.86. The molecule has 0 spiro atoms. The van der Waals surface area contributed by atoms with E-state index in [0.717, 1.165) is 0 Å². The summed E-state index contributed by atoms with van der Waals surface area (Å²) in [6, 6.07) is 4.89. The summed E-state index contributed by atoms with van der Waals surface area (Å²) in [7, 11) is 0. The highest BCUT2D eigenvalue weighted by Gasteiger charge is 2.24. The predicted molar refractivity (Wildman–Crippen MR) is 87.2 cm³/mol. The summed E-state index contributed by atoms with van der Waals surface area (Å²) in [4.78, 5) is 0. The number of rotatable bonds is 3. The van der Waals surface area contributed by atoms with Gasteiger partial charge in [-0.25, -0.2) is 0 Å². The Kier molecular flexibility index (Phi) is 4.87. The fourth-order valence-corrected chi connectivity index (χ4v) is 2.86. The van der Waals surface area contributed by atoms with Crippen molar-refractivity contribution in [1.29, 1.82) is 0 Å². The van der Waals surface area contributed by atoms with Crippen LogP contribution in [0.3, 0.4) is 0 Å². The van der Waals surface area contributed by atoms with Crippen LogP contribution in [0.25, 0.3) is 0 Å². The van der Waals surface area contributed by atoms with Gasteiger partial charge in [-0.15, -0.1) is 0 Å². The molecule has 0 bridgehead atoms. The van der Waals surface area contributed by atoms with Crippen LogP contribution in [0.1, 0.15) is 83.6 Å². The Morgan fingerprint density at radius 3 is 1.58 bits per heavy atom. The third-order valence-corrected chi connectivity index (χ3v) is 3.90. The SMILES string of the molecule is CCCCc1cc(C(C)(C)C)c(C)c(C(C)(C)C)c1. The molecule has 0 nitrogen and oxygen atoms in total. The molecule has 1 rings (SSSR count). The average Bonchev–Trinajstić information content (AvgIpc) is 2.24. The Morgan fingerprint density at radius 2 is 1.26 bits per heavy atom. The molecule has 0 aliphatic carbocycles. The second-order valence-electron chi connectivity index (χ2n) is 7.92. The second kappa shape index (κ2) is 5.69. The highest BCUT2D eigenvalue weighted by atomic mass is 14.3. The highest BCUT2D eigenvalue weighted by molar-refractivity contribution is 5.45. The molecule has 0 fully saturated rings. The minimum Gasteiger partial charge on any atom is -0.0654 e. The zero-order valence-corrected chi connectivity index (χ0v) is 14.3. The number of benzene rings is 1. The van der Waals surface area contributed by atoms with Crippen molar-refractivity contribution < 1.29 is 0 Å². The normalized spacial score (nSPS) is 12.8. The summed E-state index contributed by atoms with van der Waals surface area (Å²) in [5.74, 6) is 0. The van der Waals surface area contributed by atoms with Crippen LogP contribution >= 0.6 is 0 Å². The molecule has 0 aliphatic heterocycles. The van der Waals surface area contributed by atoms with Gasteiger partial charge in [0.05, 0.1) is 0 Å². The van der Waals surface area contributed by atoms with Gasteiger partial charge in [0, 0.05) is 0 Å². The lowest BCUT2D eigenvalue weighted by atomic mass is 9.75. The summed E-state index contributed by atoms with van der Waals surface area (Å²) < 4.78 is 0. The zero-order valence-electron chi connectivity index (χ0n) is 14.3. The van der Waals surface area contributed by atoms with E-state index in [1.807, 2.05) is 0 Å². The van der Waals surface area contributed by atoms with E-state index < -0.39 is 0 Å². The van der Waals surface area contributed by atoms with E-state index in [2.05, 4.69) is 67.5 Å². The van der Waals surface area contributed by atoms with E-state index >= 15 is 0 Å². The van der Waals surface area contributed by atoms with Crippen LogP contribution in [0.2, 0.25) is 0 Å². The van der Waals surface area contributed by atoms with Crippen LogP contribution in [0.4, 0.5) is 0 Å². The molecule has 0 heterocycles. The molecule has 19 heavy (non-hydrogen) atoms. The molecule has 0 heteroatoms. The Morgan fingerprint density at radius 1 is 0.842 bits per heavy atom. The first kappa shape index (κ1) is 16.3. The van der Waals surface area contributed by atoms with E-state index in [1.54, 1.807) is 0 Å². The summed E-state index contributed by atoms with van der Waals surface area (Å²) >= 11 is 0. The van der Waals surface area contributed by atoms with Gasteiger partial charge < -0.3 is 0 Å². The van der Waals surface area contributed by atoms with Gasteiger partial charge in [-0.2, -0.15) is 0 Å². The number of hydrogen-bond donors (Lipinski definition) is 0. The lowest BCUT2D eigenvalue weighted by molar-refractivity contribution is 0.559. The molecule has 0 aliphatic rings. The largest absolute Gasteiger partial charge is 0.0654 e. The van der Waals surface area contributed by atoms with E-state index in [-0.39, 0.29) is 10.8 Å². The first-order valence-corrected chi connectivity index (χ1v) is 7.72. The van der Waals surface area contributed by atoms with Crippen LogP contribution < -0.4 is 0 Å². The smallest absolute Gasteiger partial charge is 0.0129 e. The molecule has 108 valence electrons. The van der Waals surface area contributed by atoms with Crippen LogP contribution in [-0.4, -0.2) is 0 Å². The maximum Gasteiger partial charge on any atom is -0.0129 e. The van der Waals surface area contributed by atoms with Gasteiger partial charge in [0.15, 0.2) is 0 Å². The molecular formula is C19H32. The third-order valence-electron chi connectivity index (χ3n) is 3.90. The summed E-state index contributed by atoms with van der Waals surface area (Å²) in [5, 5.41) is 0. The van der Waals surface area contributed by atoms with Gasteiger partial charge in [0.25, 0.3) is 0 Å². The molecule has 0 saturated carbocycles. The van der Waals surface area contributed by atoms with Crippen molar-refractivity contribution in [3.05, 3.63) is 34.4 Å². The topological polar surface area (TPSA) is 0 Å². The van der Waals surface area contributed by atoms with Crippen molar-refractivity contribution in [3.8, 4) is 0 Å². The summed E-state index contributed by atoms with van der Waals surface area (Å²) in [5.41, 5.74) is 6.50. The molecule has 0 radical (unpaired) electrons. The van der Waals surface area contributed by atoms with Crippen molar-refractivity contribution in [1.82, 2.24) is 0 Å². The van der Waals surface area contributed by atoms with Gasteiger partial charge in [-0.3, -0.25) is 0 Å². The van der Waals surface area contributed by atoms with E-state index in [9.17, 15) is 0 Å². The highest BCUT2D eigenvalue weighted by Crippen LogP contribution is 2.34. The first-order valence-electron chi connectivity index (χ1n) is 7.72. The molecule has 0 unspecified atom stereocenters. The Labute approximate surface area is 120 Å². The van der Waals surface area contributed by atoms with Crippen LogP contribution in [0, 0.1) is 6.92 Å². The standard InChI is InChI=1S/C19H32/c1-9-10-11-15-12-16(18(3,4)5)14(2)17(13-15)19(6,7)8/h12-13H,9-11H2,1-8H3. The fraction of sp³-hybridized carbons (Fsp3) is 0.684. The van der Waals surface area contributed by atoms with Crippen molar-refractivity contribution in [2.24, 2.45) is 0 Å². The lowest BCUT2D eigenvalue weighted by Crippen LogP contribution is -2.20. The second-order valence-corrected chi connectivity index (χ2v) is 7.92. The molecule has 0 amide bonds. The molecule has 0 saturated heterocycles. The first-order chi connectivity index (χ1) is 8.57. The predicted octanol–water partition coefficient (Wildman–Crippen LogP) is 5.93. The molecule has 0 atom stereocenters. The Balaban J connectivity index is 3.39. The Hall–Kier alpha value is -0.780. The van der Waals surface area contributed by atoms with E-state index in [4.69, 9.17) is 0 Å². The zero-order chi connectivity index (χ0) is 14.8. The molecule has 1 aromatic rings. The van der Waals surface area contributed by atoms with Crippen LogP contribution in [0.15, 0.2) is 12.1 Å². The van der Waals surface area contributed by atoms with Crippen molar-refractivity contribution in [2.45, 2.75) is 85.5 Å². The summed E-state index contributed by atoms with van der Waals surface area (Å²) in [6.45, 7) is 18.5. The quantitative estimate of drug-likeness (QED) is 0.631. The van der Waals surface area contributed by atoms with Gasteiger partial charge in [-0.1, -0.05) is 67.0 Å². The third kappa shape index (κ3) is 4.09. The van der Waals surface area contributed by atoms with E-state index in [0.29, 0.717) is 0 Å². The number of aryl methyl sites for hydroxylation is 1. The Bertz CT molecular complexity index is 389. The van der Waals surface area contributed by atoms with Crippen molar-refractivity contribution in [2.75, 3.05) is 0 Å². The van der Waals surface area contributed by atoms with Crippen LogP contribution in [0.5, 0.6) is 0 Å². The van der Waals surface area contributed by atoms with Crippen LogP contribution in [-0.2, 0) is 17.3 Å². The van der Waals surface area contributed by atoms with Gasteiger partial charge >= 0.3 is 0 Å². The maximum absolute atomic E-state index is 2.44. The number of hydrogen-bond acceptors (Lipinski definition) is 0. The maximum atomic E-state index is 2.44. The monoisotopic (exact) mass is 260 g/mol. The van der Waals surface area contributed by atoms with Gasteiger partial charge in [0.2, 0.25) is 0 Å². The minimum atomic E-state index is 0.228. The van der Waals surface area contributed by atoms with Gasteiger partial charge in [-0.05, 0) is 52.8 Å². The molecule has 1 aromatic carbocycles. The summed E-state index contributed by atoms with van der Waals surface area (Å²) in [6.07, 6.45) is 3.77. The van der Waals surface area contributed by atoms with Crippen molar-refractivity contribution >= 4 is 0 Å². The minimum absolute atomic E-state index is 0.228. The molecular weight excluding hydrogens is 228 g/mol. The average molecular weight is 260 g/mol. The number of unbranched alkanes of at least 4 members (excludes halogenated alkanes) is 1. The van der Waals surface area contributed by atoms with Crippen molar-refractivity contribution in [3.63, 3.8) is 0 Å². The lowest BCUT2D eigenvalue weighted by Gasteiger charge is -2.30. The molecule has 0 N–H and O–H groups in total. The van der Waals surface area contributed by atoms with E-state index in [1.165, 1.54) is 41.5 Å². The van der Waals surface area contributed by atoms with Gasteiger partial charge in [0.1, 0.15) is 0 Å². The molecule has 0 aromatic heterocycles.